The first kappa shape index (κ1) is 11.2. The van der Waals surface area contributed by atoms with Gasteiger partial charge in [-0.25, -0.2) is 4.98 Å². The van der Waals surface area contributed by atoms with E-state index in [2.05, 4.69) is 17.2 Å². The summed E-state index contributed by atoms with van der Waals surface area (Å²) < 4.78 is 1.82. The fourth-order valence-corrected chi connectivity index (χ4v) is 1.87. The summed E-state index contributed by atoms with van der Waals surface area (Å²) in [6.45, 7) is 2.07. The lowest BCUT2D eigenvalue weighted by Gasteiger charge is -2.08. The molecule has 0 saturated heterocycles. The number of nitrogens with one attached hydrogen (secondary N) is 1. The highest BCUT2D eigenvalue weighted by Crippen LogP contribution is 2.21. The van der Waals surface area contributed by atoms with Crippen LogP contribution in [0.3, 0.4) is 0 Å². The van der Waals surface area contributed by atoms with Gasteiger partial charge in [-0.05, 0) is 26.1 Å². The summed E-state index contributed by atoms with van der Waals surface area (Å²) in [5, 5.41) is 13.1. The number of pyridine rings is 1. The van der Waals surface area contributed by atoms with Gasteiger partial charge >= 0.3 is 0 Å². The Labute approximate surface area is 98.9 Å². The molecule has 0 spiro atoms. The third kappa shape index (κ3) is 1.99. The molecule has 0 aliphatic heterocycles. The molecule has 1 unspecified atom stereocenters. The van der Waals surface area contributed by atoms with Gasteiger partial charge in [0.1, 0.15) is 11.6 Å². The van der Waals surface area contributed by atoms with Gasteiger partial charge < -0.3 is 10.4 Å². The molecule has 0 aliphatic rings. The van der Waals surface area contributed by atoms with Crippen molar-refractivity contribution in [2.24, 2.45) is 0 Å². The number of hydrogen-bond acceptors (Lipinski definition) is 3. The topological polar surface area (TPSA) is 49.6 Å². The maximum atomic E-state index is 9.45. The summed E-state index contributed by atoms with van der Waals surface area (Å²) in [6.07, 6.45) is 2.39. The molecule has 2 heterocycles. The van der Waals surface area contributed by atoms with E-state index in [1.165, 1.54) is 0 Å². The van der Waals surface area contributed by atoms with Gasteiger partial charge in [-0.2, -0.15) is 0 Å². The summed E-state index contributed by atoms with van der Waals surface area (Å²) in [4.78, 5) is 4.30. The molecule has 86 valence electrons. The fraction of sp³-hybridized carbons (Fsp3) is 0.364. The van der Waals surface area contributed by atoms with E-state index in [1.807, 2.05) is 11.4 Å². The lowest BCUT2D eigenvalue weighted by atomic mass is 10.2. The molecule has 2 aromatic rings. The van der Waals surface area contributed by atoms with Crippen LogP contribution in [0.4, 0.5) is 0 Å². The molecule has 1 atom stereocenters. The van der Waals surface area contributed by atoms with E-state index in [9.17, 15) is 5.11 Å². The molecule has 0 saturated carbocycles. The van der Waals surface area contributed by atoms with E-state index < -0.39 is 0 Å². The number of aromatic nitrogens is 2. The van der Waals surface area contributed by atoms with Crippen LogP contribution in [0.15, 0.2) is 18.3 Å². The minimum atomic E-state index is 0.208. The fourth-order valence-electron chi connectivity index (χ4n) is 1.62. The van der Waals surface area contributed by atoms with Crippen LogP contribution in [0.25, 0.3) is 5.52 Å². The second kappa shape index (κ2) is 4.31. The zero-order valence-electron chi connectivity index (χ0n) is 9.24. The number of hydrogen-bond donors (Lipinski definition) is 2. The molecule has 2 rings (SSSR count). The Balaban J connectivity index is 2.48. The first-order chi connectivity index (χ1) is 7.61. The number of rotatable bonds is 3. The van der Waals surface area contributed by atoms with E-state index in [0.29, 0.717) is 11.2 Å². The monoisotopic (exact) mass is 239 g/mol. The van der Waals surface area contributed by atoms with Crippen molar-refractivity contribution in [2.75, 3.05) is 7.05 Å². The summed E-state index contributed by atoms with van der Waals surface area (Å²) in [5.41, 5.74) is 0.817. The Hall–Kier alpha value is -1.26. The lowest BCUT2D eigenvalue weighted by Crippen LogP contribution is -2.24. The molecule has 0 fully saturated rings. The summed E-state index contributed by atoms with van der Waals surface area (Å²) in [5.74, 6) is 1.05. The van der Waals surface area contributed by atoms with E-state index in [1.54, 1.807) is 18.3 Å². The molecule has 5 heteroatoms. The number of aromatic hydroxyl groups is 1. The maximum absolute atomic E-state index is 9.45. The van der Waals surface area contributed by atoms with E-state index in [-0.39, 0.29) is 5.75 Å². The number of nitrogens with zero attached hydrogens (tertiary/aromatic N) is 2. The zero-order chi connectivity index (χ0) is 11.7. The maximum Gasteiger partial charge on any atom is 0.155 e. The van der Waals surface area contributed by atoms with Crippen LogP contribution < -0.4 is 5.32 Å². The normalized spacial score (nSPS) is 13.2. The lowest BCUT2D eigenvalue weighted by molar-refractivity contribution is 0.471. The molecular formula is C11H14ClN3O. The first-order valence-corrected chi connectivity index (χ1v) is 5.52. The molecule has 0 aliphatic carbocycles. The highest BCUT2D eigenvalue weighted by atomic mass is 35.5. The summed E-state index contributed by atoms with van der Waals surface area (Å²) >= 11 is 6.02. The van der Waals surface area contributed by atoms with Crippen molar-refractivity contribution in [3.8, 4) is 5.75 Å². The van der Waals surface area contributed by atoms with Gasteiger partial charge in [0.2, 0.25) is 0 Å². The average Bonchev–Trinajstić information content (AvgIpc) is 2.55. The zero-order valence-corrected chi connectivity index (χ0v) is 9.99. The third-order valence-electron chi connectivity index (χ3n) is 2.63. The minimum absolute atomic E-state index is 0.208. The van der Waals surface area contributed by atoms with Crippen LogP contribution in [0.2, 0.25) is 5.15 Å². The number of halogens is 1. The first-order valence-electron chi connectivity index (χ1n) is 5.14. The Morgan fingerprint density at radius 1 is 1.56 bits per heavy atom. The summed E-state index contributed by atoms with van der Waals surface area (Å²) in [7, 11) is 1.90. The van der Waals surface area contributed by atoms with Crippen molar-refractivity contribution >= 4 is 17.1 Å². The highest BCUT2D eigenvalue weighted by Gasteiger charge is 2.11. The van der Waals surface area contributed by atoms with Crippen LogP contribution in [-0.2, 0) is 6.42 Å². The standard InChI is InChI=1S/C11H14ClN3O/c1-7(13-2)5-10-14-11(12)9-4-3-8(16)6-15(9)10/h3-4,6-7,13,16H,5H2,1-2H3. The van der Waals surface area contributed by atoms with E-state index in [0.717, 1.165) is 17.8 Å². The van der Waals surface area contributed by atoms with Crippen molar-refractivity contribution < 1.29 is 5.11 Å². The Morgan fingerprint density at radius 2 is 2.31 bits per heavy atom. The van der Waals surface area contributed by atoms with Gasteiger partial charge in [-0.3, -0.25) is 4.40 Å². The van der Waals surface area contributed by atoms with Gasteiger partial charge in [0, 0.05) is 12.5 Å². The van der Waals surface area contributed by atoms with Gasteiger partial charge in [-0.15, -0.1) is 0 Å². The third-order valence-corrected chi connectivity index (χ3v) is 2.91. The average molecular weight is 240 g/mol. The second-order valence-electron chi connectivity index (χ2n) is 3.86. The molecule has 4 nitrogen and oxygen atoms in total. The van der Waals surface area contributed by atoms with E-state index >= 15 is 0 Å². The van der Waals surface area contributed by atoms with Gasteiger partial charge in [0.05, 0.1) is 11.7 Å². The van der Waals surface area contributed by atoms with Crippen LogP contribution in [0, 0.1) is 0 Å². The van der Waals surface area contributed by atoms with Gasteiger partial charge in [0.15, 0.2) is 5.15 Å². The Morgan fingerprint density at radius 3 is 3.00 bits per heavy atom. The number of likely N-dealkylation sites (N-methyl/N-ethyl adjacent to an activating group) is 1. The van der Waals surface area contributed by atoms with E-state index in [4.69, 9.17) is 11.6 Å². The molecule has 0 radical (unpaired) electrons. The predicted molar refractivity (Wildman–Crippen MR) is 64.1 cm³/mol. The van der Waals surface area contributed by atoms with Crippen molar-refractivity contribution in [2.45, 2.75) is 19.4 Å². The minimum Gasteiger partial charge on any atom is -0.506 e. The van der Waals surface area contributed by atoms with Gasteiger partial charge in [-0.1, -0.05) is 11.6 Å². The molecule has 2 aromatic heterocycles. The van der Waals surface area contributed by atoms with Crippen molar-refractivity contribution in [3.05, 3.63) is 29.3 Å². The van der Waals surface area contributed by atoms with Gasteiger partial charge in [0.25, 0.3) is 0 Å². The smallest absolute Gasteiger partial charge is 0.155 e. The molecule has 0 amide bonds. The molecule has 16 heavy (non-hydrogen) atoms. The van der Waals surface area contributed by atoms with Crippen molar-refractivity contribution in [1.82, 2.24) is 14.7 Å². The molecular weight excluding hydrogens is 226 g/mol. The number of imidazole rings is 1. The number of fused-ring (bicyclic) bond motifs is 1. The largest absolute Gasteiger partial charge is 0.506 e. The van der Waals surface area contributed by atoms with Crippen LogP contribution in [-0.4, -0.2) is 27.6 Å². The quantitative estimate of drug-likeness (QED) is 0.860. The van der Waals surface area contributed by atoms with Crippen LogP contribution in [0.1, 0.15) is 12.7 Å². The second-order valence-corrected chi connectivity index (χ2v) is 4.21. The van der Waals surface area contributed by atoms with Crippen molar-refractivity contribution in [3.63, 3.8) is 0 Å². The molecule has 0 bridgehead atoms. The SMILES string of the molecule is CNC(C)Cc1nc(Cl)c2ccc(O)cn12. The highest BCUT2D eigenvalue weighted by molar-refractivity contribution is 6.32. The Bertz CT molecular complexity index is 509. The summed E-state index contributed by atoms with van der Waals surface area (Å²) in [6, 6.07) is 3.68. The molecule has 0 aromatic carbocycles. The molecule has 2 N–H and O–H groups in total. The van der Waals surface area contributed by atoms with Crippen LogP contribution >= 0.6 is 11.6 Å². The predicted octanol–water partition coefficient (Wildman–Crippen LogP) is 1.84. The Kier molecular flexibility index (Phi) is 3.03. The van der Waals surface area contributed by atoms with Crippen LogP contribution in [0.5, 0.6) is 5.75 Å². The van der Waals surface area contributed by atoms with Crippen molar-refractivity contribution in [1.29, 1.82) is 0 Å².